The molecule has 0 spiro atoms. The van der Waals surface area contributed by atoms with Crippen LogP contribution in [0.5, 0.6) is 0 Å². The van der Waals surface area contributed by atoms with E-state index in [1.165, 1.54) is 16.8 Å². The zero-order valence-electron chi connectivity index (χ0n) is 15.1. The second-order valence-electron chi connectivity index (χ2n) is 6.53. The third-order valence-corrected chi connectivity index (χ3v) is 5.25. The smallest absolute Gasteiger partial charge is 0.187 e. The van der Waals surface area contributed by atoms with Crippen molar-refractivity contribution >= 4 is 11.8 Å². The maximum absolute atomic E-state index is 9.05. The van der Waals surface area contributed by atoms with Crippen molar-refractivity contribution in [3.8, 4) is 17.3 Å². The molecular formula is C21H19N5S. The summed E-state index contributed by atoms with van der Waals surface area (Å²) >= 11 is 1.58. The fraction of sp³-hybridized carbons (Fsp3) is 0.238. The summed E-state index contributed by atoms with van der Waals surface area (Å²) in [7, 11) is 0. The molecule has 0 saturated heterocycles. The van der Waals surface area contributed by atoms with Crippen LogP contribution in [0.25, 0.3) is 11.3 Å². The lowest BCUT2D eigenvalue weighted by Crippen LogP contribution is -2.31. The van der Waals surface area contributed by atoms with Crippen LogP contribution in [0.1, 0.15) is 22.4 Å². The van der Waals surface area contributed by atoms with E-state index in [2.05, 4.69) is 32.0 Å². The van der Waals surface area contributed by atoms with Gasteiger partial charge in [-0.1, -0.05) is 30.0 Å². The molecule has 0 amide bonds. The Bertz CT molecular complexity index is 994. The Morgan fingerprint density at radius 1 is 1.19 bits per heavy atom. The van der Waals surface area contributed by atoms with Gasteiger partial charge in [0.15, 0.2) is 5.16 Å². The van der Waals surface area contributed by atoms with Gasteiger partial charge >= 0.3 is 0 Å². The molecule has 1 aromatic carbocycles. The van der Waals surface area contributed by atoms with Crippen LogP contribution >= 0.6 is 11.8 Å². The Labute approximate surface area is 163 Å². The molecular weight excluding hydrogens is 354 g/mol. The average molecular weight is 373 g/mol. The number of benzene rings is 1. The van der Waals surface area contributed by atoms with Crippen molar-refractivity contribution in [1.82, 2.24) is 19.9 Å². The van der Waals surface area contributed by atoms with Crippen molar-refractivity contribution in [2.45, 2.75) is 24.7 Å². The Hall–Kier alpha value is -2.75. The molecule has 0 aliphatic carbocycles. The fourth-order valence-corrected chi connectivity index (χ4v) is 3.64. The third kappa shape index (κ3) is 4.00. The van der Waals surface area contributed by atoms with E-state index >= 15 is 0 Å². The predicted molar refractivity (Wildman–Crippen MR) is 106 cm³/mol. The van der Waals surface area contributed by atoms with E-state index < -0.39 is 0 Å². The molecule has 0 atom stereocenters. The molecule has 0 bridgehead atoms. The Kier molecular flexibility index (Phi) is 5.14. The van der Waals surface area contributed by atoms with Gasteiger partial charge in [-0.3, -0.25) is 9.88 Å². The number of rotatable bonds is 4. The molecule has 27 heavy (non-hydrogen) atoms. The monoisotopic (exact) mass is 373 g/mol. The van der Waals surface area contributed by atoms with Crippen molar-refractivity contribution in [2.24, 2.45) is 0 Å². The zero-order valence-corrected chi connectivity index (χ0v) is 15.9. The van der Waals surface area contributed by atoms with Gasteiger partial charge in [-0.25, -0.2) is 9.97 Å². The van der Waals surface area contributed by atoms with Crippen LogP contribution in [0.15, 0.2) is 53.9 Å². The van der Waals surface area contributed by atoms with Crippen LogP contribution in [0, 0.1) is 11.3 Å². The summed E-state index contributed by atoms with van der Waals surface area (Å²) in [6.07, 6.45) is 6.85. The van der Waals surface area contributed by atoms with Gasteiger partial charge < -0.3 is 0 Å². The summed E-state index contributed by atoms with van der Waals surface area (Å²) in [5.41, 5.74) is 6.08. The molecule has 0 N–H and O–H groups in total. The maximum Gasteiger partial charge on any atom is 0.187 e. The first-order chi connectivity index (χ1) is 13.2. The van der Waals surface area contributed by atoms with Crippen LogP contribution in [-0.4, -0.2) is 32.7 Å². The second-order valence-corrected chi connectivity index (χ2v) is 7.31. The van der Waals surface area contributed by atoms with Gasteiger partial charge in [0.1, 0.15) is 0 Å². The maximum atomic E-state index is 9.05. The van der Waals surface area contributed by atoms with Crippen molar-refractivity contribution in [3.63, 3.8) is 0 Å². The van der Waals surface area contributed by atoms with Gasteiger partial charge in [0.05, 0.1) is 23.0 Å². The van der Waals surface area contributed by atoms with E-state index in [4.69, 9.17) is 5.26 Å². The number of hydrogen-bond acceptors (Lipinski definition) is 6. The average Bonchev–Trinajstić information content (AvgIpc) is 2.74. The van der Waals surface area contributed by atoms with Crippen molar-refractivity contribution < 1.29 is 0 Å². The molecule has 134 valence electrons. The highest BCUT2D eigenvalue weighted by molar-refractivity contribution is 7.98. The Morgan fingerprint density at radius 3 is 2.89 bits per heavy atom. The van der Waals surface area contributed by atoms with E-state index in [0.717, 1.165) is 42.5 Å². The largest absolute Gasteiger partial charge is 0.294 e. The number of aromatic nitrogens is 3. The second kappa shape index (κ2) is 7.87. The lowest BCUT2D eigenvalue weighted by Gasteiger charge is -2.27. The van der Waals surface area contributed by atoms with Gasteiger partial charge in [0.25, 0.3) is 0 Å². The quantitative estimate of drug-likeness (QED) is 0.513. The Morgan fingerprint density at radius 2 is 2.11 bits per heavy atom. The molecule has 6 heteroatoms. The molecule has 3 heterocycles. The van der Waals surface area contributed by atoms with Gasteiger partial charge in [-0.05, 0) is 30.0 Å². The first-order valence-corrected chi connectivity index (χ1v) is 10.0. The lowest BCUT2D eigenvalue weighted by atomic mass is 10.1. The standard InChI is InChI=1S/C21H19N5S/c1-27-21-24-12-18-14-26(8-7-20(18)25-21)13-16-5-6-19(23-11-16)17-4-2-3-15(9-17)10-22/h2-6,9,11-12H,7-8,13-14H2,1H3. The summed E-state index contributed by atoms with van der Waals surface area (Å²) < 4.78 is 0. The van der Waals surface area contributed by atoms with E-state index in [9.17, 15) is 0 Å². The van der Waals surface area contributed by atoms with E-state index in [-0.39, 0.29) is 0 Å². The van der Waals surface area contributed by atoms with Crippen molar-refractivity contribution in [3.05, 3.63) is 71.2 Å². The minimum atomic E-state index is 0.650. The molecule has 4 rings (SSSR count). The van der Waals surface area contributed by atoms with Crippen LogP contribution in [0.3, 0.4) is 0 Å². The molecule has 2 aromatic heterocycles. The third-order valence-electron chi connectivity index (χ3n) is 4.69. The number of thioether (sulfide) groups is 1. The van der Waals surface area contributed by atoms with Crippen molar-refractivity contribution in [1.29, 1.82) is 5.26 Å². The van der Waals surface area contributed by atoms with Gasteiger partial charge in [0, 0.05) is 49.6 Å². The number of nitrogens with zero attached hydrogens (tertiary/aromatic N) is 5. The zero-order chi connectivity index (χ0) is 18.6. The van der Waals surface area contributed by atoms with Crippen LogP contribution in [0.2, 0.25) is 0 Å². The normalized spacial score (nSPS) is 13.8. The summed E-state index contributed by atoms with van der Waals surface area (Å²) in [6.45, 7) is 2.72. The molecule has 0 unspecified atom stereocenters. The highest BCUT2D eigenvalue weighted by Gasteiger charge is 2.18. The molecule has 3 aromatic rings. The van der Waals surface area contributed by atoms with Crippen LogP contribution in [-0.2, 0) is 19.5 Å². The topological polar surface area (TPSA) is 65.7 Å². The molecule has 1 aliphatic heterocycles. The highest BCUT2D eigenvalue weighted by Crippen LogP contribution is 2.22. The van der Waals surface area contributed by atoms with Gasteiger partial charge in [0.2, 0.25) is 0 Å². The lowest BCUT2D eigenvalue weighted by molar-refractivity contribution is 0.242. The minimum absolute atomic E-state index is 0.650. The molecule has 0 saturated carbocycles. The molecule has 0 radical (unpaired) electrons. The van der Waals surface area contributed by atoms with E-state index in [1.807, 2.05) is 42.9 Å². The van der Waals surface area contributed by atoms with Gasteiger partial charge in [-0.2, -0.15) is 5.26 Å². The summed E-state index contributed by atoms with van der Waals surface area (Å²) in [5.74, 6) is 0. The predicted octanol–water partition coefficient (Wildman–Crippen LogP) is 3.69. The first kappa shape index (κ1) is 17.7. The number of hydrogen-bond donors (Lipinski definition) is 0. The molecule has 0 fully saturated rings. The fourth-order valence-electron chi connectivity index (χ4n) is 3.28. The minimum Gasteiger partial charge on any atom is -0.294 e. The van der Waals surface area contributed by atoms with E-state index in [1.54, 1.807) is 17.8 Å². The van der Waals surface area contributed by atoms with Gasteiger partial charge in [-0.15, -0.1) is 0 Å². The van der Waals surface area contributed by atoms with Crippen LogP contribution in [0.4, 0.5) is 0 Å². The summed E-state index contributed by atoms with van der Waals surface area (Å²) in [5, 5.41) is 9.90. The number of nitriles is 1. The number of fused-ring (bicyclic) bond motifs is 1. The van der Waals surface area contributed by atoms with Crippen molar-refractivity contribution in [2.75, 3.05) is 12.8 Å². The summed E-state index contributed by atoms with van der Waals surface area (Å²) in [4.78, 5) is 16.0. The summed E-state index contributed by atoms with van der Waals surface area (Å²) in [6, 6.07) is 13.9. The van der Waals surface area contributed by atoms with E-state index in [0.29, 0.717) is 5.56 Å². The SMILES string of the molecule is CSc1ncc2c(n1)CCN(Cc1ccc(-c3cccc(C#N)c3)nc1)C2. The molecule has 1 aliphatic rings. The highest BCUT2D eigenvalue weighted by atomic mass is 32.2. The Balaban J connectivity index is 1.45. The molecule has 5 nitrogen and oxygen atoms in total. The number of pyridine rings is 1. The first-order valence-electron chi connectivity index (χ1n) is 8.82. The van der Waals surface area contributed by atoms with Crippen LogP contribution < -0.4 is 0 Å².